The van der Waals surface area contributed by atoms with Crippen LogP contribution in [-0.4, -0.2) is 94.2 Å². The summed E-state index contributed by atoms with van der Waals surface area (Å²) in [5.41, 5.74) is 3.68. The Bertz CT molecular complexity index is 1550. The second kappa shape index (κ2) is 11.4. The van der Waals surface area contributed by atoms with Crippen molar-refractivity contribution in [2.75, 3.05) is 53.4 Å². The molecule has 0 spiro atoms. The predicted molar refractivity (Wildman–Crippen MR) is 159 cm³/mol. The molecule has 9 heteroatoms. The molecule has 0 radical (unpaired) electrons. The molecule has 0 bridgehead atoms. The van der Waals surface area contributed by atoms with Gasteiger partial charge >= 0.3 is 6.09 Å². The Kier molecular flexibility index (Phi) is 7.53. The first-order chi connectivity index (χ1) is 19.9. The summed E-state index contributed by atoms with van der Waals surface area (Å²) in [6.07, 6.45) is 7.44. The highest BCUT2D eigenvalue weighted by Crippen LogP contribution is 2.36. The predicted octanol–water partition coefficient (Wildman–Crippen LogP) is 4.67. The lowest BCUT2D eigenvalue weighted by atomic mass is 9.96. The molecule has 0 N–H and O–H groups in total. The lowest BCUT2D eigenvalue weighted by molar-refractivity contribution is 0.0664. The highest BCUT2D eigenvalue weighted by molar-refractivity contribution is 6.07. The zero-order valence-electron chi connectivity index (χ0n) is 24.1. The van der Waals surface area contributed by atoms with Gasteiger partial charge in [0, 0.05) is 63.3 Å². The van der Waals surface area contributed by atoms with Crippen LogP contribution in [0.1, 0.15) is 28.9 Å². The number of hydrogen-bond donors (Lipinski definition) is 0. The maximum Gasteiger partial charge on any atom is 0.409 e. The molecule has 2 saturated heterocycles. The lowest BCUT2D eigenvalue weighted by Gasteiger charge is -2.32. The summed E-state index contributed by atoms with van der Waals surface area (Å²) < 4.78 is 9.22. The smallest absolute Gasteiger partial charge is 0.409 e. The third-order valence-corrected chi connectivity index (χ3v) is 8.77. The molecule has 0 saturated carbocycles. The Morgan fingerprint density at radius 2 is 1.66 bits per heavy atom. The Hall–Kier alpha value is -4.11. The van der Waals surface area contributed by atoms with Crippen LogP contribution < -0.4 is 0 Å². The molecule has 2 aromatic heterocycles. The summed E-state index contributed by atoms with van der Waals surface area (Å²) in [4.78, 5) is 36.7. The molecule has 2 amide bonds. The summed E-state index contributed by atoms with van der Waals surface area (Å²) in [6, 6.07) is 14.7. The highest BCUT2D eigenvalue weighted by Gasteiger charge is 2.29. The number of imidazole rings is 1. The number of carbonyl (C=O) groups excluding carboxylic acids is 2. The van der Waals surface area contributed by atoms with E-state index in [-0.39, 0.29) is 12.0 Å². The summed E-state index contributed by atoms with van der Waals surface area (Å²) in [5, 5.41) is 2.28. The summed E-state index contributed by atoms with van der Waals surface area (Å²) in [5.74, 6) is 1.44. The van der Waals surface area contributed by atoms with E-state index in [0.717, 1.165) is 84.5 Å². The molecular weight excluding hydrogens is 516 g/mol. The van der Waals surface area contributed by atoms with Crippen molar-refractivity contribution in [2.24, 2.45) is 5.92 Å². The molecule has 0 atom stereocenters. The van der Waals surface area contributed by atoms with Crippen molar-refractivity contribution in [3.8, 4) is 16.9 Å². The third kappa shape index (κ3) is 5.22. The average Bonchev–Trinajstić information content (AvgIpc) is 3.60. The van der Waals surface area contributed by atoms with Crippen LogP contribution in [0.5, 0.6) is 0 Å². The number of aromatic nitrogens is 3. The SMILES string of the molecule is COC(=O)N1CCC(Cn2cncc2-n2cc(-c3cccc4ccccc34)c(C(=O)N3CCN(C)CC3)c2C)CC1. The minimum absolute atomic E-state index is 0.0820. The fourth-order valence-corrected chi connectivity index (χ4v) is 6.31. The van der Waals surface area contributed by atoms with Gasteiger partial charge in [-0.1, -0.05) is 42.5 Å². The van der Waals surface area contributed by atoms with E-state index in [1.165, 1.54) is 7.11 Å². The number of piperazine rings is 1. The maximum absolute atomic E-state index is 14.2. The second-order valence-corrected chi connectivity index (χ2v) is 11.3. The molecule has 2 aliphatic rings. The molecular formula is C32H38N6O3. The van der Waals surface area contributed by atoms with Crippen molar-refractivity contribution in [1.29, 1.82) is 0 Å². The zero-order valence-corrected chi connectivity index (χ0v) is 24.1. The molecule has 0 aliphatic carbocycles. The fourth-order valence-electron chi connectivity index (χ4n) is 6.31. The van der Waals surface area contributed by atoms with Crippen molar-refractivity contribution in [3.63, 3.8) is 0 Å². The van der Waals surface area contributed by atoms with E-state index in [1.807, 2.05) is 30.4 Å². The number of likely N-dealkylation sites (N-methyl/N-ethyl adjacent to an activating group) is 1. The van der Waals surface area contributed by atoms with E-state index >= 15 is 0 Å². The van der Waals surface area contributed by atoms with Crippen molar-refractivity contribution in [2.45, 2.75) is 26.3 Å². The number of hydrogen-bond acceptors (Lipinski definition) is 5. The van der Waals surface area contributed by atoms with Crippen LogP contribution in [0.15, 0.2) is 61.2 Å². The quantitative estimate of drug-likeness (QED) is 0.359. The Balaban J connectivity index is 1.38. The topological polar surface area (TPSA) is 75.8 Å². The number of benzene rings is 2. The summed E-state index contributed by atoms with van der Waals surface area (Å²) in [7, 11) is 3.53. The van der Waals surface area contributed by atoms with Crippen LogP contribution in [0.2, 0.25) is 0 Å². The normalized spacial score (nSPS) is 16.9. The first kappa shape index (κ1) is 27.1. The summed E-state index contributed by atoms with van der Waals surface area (Å²) in [6.45, 7) is 7.41. The molecule has 41 heavy (non-hydrogen) atoms. The van der Waals surface area contributed by atoms with Gasteiger partial charge in [0.25, 0.3) is 5.91 Å². The highest BCUT2D eigenvalue weighted by atomic mass is 16.5. The molecule has 0 unspecified atom stereocenters. The van der Waals surface area contributed by atoms with Crippen LogP contribution in [0.4, 0.5) is 4.79 Å². The van der Waals surface area contributed by atoms with Crippen LogP contribution in [-0.2, 0) is 11.3 Å². The standard InChI is InChI=1S/C32H38N6O3/c1-23-30(31(39)35-17-15-34(2)16-18-35)28(27-10-6-8-25-7-4-5-9-26(25)27)21-38(23)29-19-33-22-37(29)20-24-11-13-36(14-12-24)32(40)41-3/h4-10,19,21-22,24H,11-18,20H2,1-3H3. The molecule has 9 nitrogen and oxygen atoms in total. The minimum atomic E-state index is -0.256. The van der Waals surface area contributed by atoms with Gasteiger partial charge in [-0.2, -0.15) is 0 Å². The van der Waals surface area contributed by atoms with E-state index < -0.39 is 0 Å². The van der Waals surface area contributed by atoms with E-state index in [9.17, 15) is 9.59 Å². The largest absolute Gasteiger partial charge is 0.453 e. The van der Waals surface area contributed by atoms with Gasteiger partial charge in [0.05, 0.1) is 25.2 Å². The number of amides is 2. The van der Waals surface area contributed by atoms with Gasteiger partial charge in [-0.25, -0.2) is 9.78 Å². The number of carbonyl (C=O) groups is 2. The van der Waals surface area contributed by atoms with Gasteiger partial charge < -0.3 is 28.6 Å². The third-order valence-electron chi connectivity index (χ3n) is 8.77. The first-order valence-electron chi connectivity index (χ1n) is 14.5. The monoisotopic (exact) mass is 554 g/mol. The average molecular weight is 555 g/mol. The van der Waals surface area contributed by atoms with Gasteiger partial charge in [-0.05, 0) is 49.1 Å². The van der Waals surface area contributed by atoms with E-state index in [0.29, 0.717) is 19.0 Å². The number of methoxy groups -OCH3 is 1. The molecule has 2 aromatic carbocycles. The van der Waals surface area contributed by atoms with Crippen molar-refractivity contribution < 1.29 is 14.3 Å². The fraction of sp³-hybridized carbons (Fsp3) is 0.406. The molecule has 214 valence electrons. The van der Waals surface area contributed by atoms with Gasteiger partial charge in [0.1, 0.15) is 5.82 Å². The van der Waals surface area contributed by atoms with Gasteiger partial charge in [0.2, 0.25) is 0 Å². The van der Waals surface area contributed by atoms with Gasteiger partial charge in [-0.15, -0.1) is 0 Å². The zero-order chi connectivity index (χ0) is 28.5. The molecule has 4 heterocycles. The van der Waals surface area contributed by atoms with Crippen molar-refractivity contribution in [3.05, 3.63) is 72.4 Å². The van der Waals surface area contributed by atoms with Crippen LogP contribution in [0, 0.1) is 12.8 Å². The number of rotatable bonds is 5. The van der Waals surface area contributed by atoms with Crippen molar-refractivity contribution in [1.82, 2.24) is 28.8 Å². The van der Waals surface area contributed by atoms with Crippen LogP contribution in [0.25, 0.3) is 27.7 Å². The van der Waals surface area contributed by atoms with E-state index in [2.05, 4.69) is 68.7 Å². The molecule has 2 aliphatic heterocycles. The maximum atomic E-state index is 14.2. The number of fused-ring (bicyclic) bond motifs is 1. The lowest BCUT2D eigenvalue weighted by Crippen LogP contribution is -2.47. The molecule has 2 fully saturated rings. The van der Waals surface area contributed by atoms with Gasteiger partial charge in [0.15, 0.2) is 0 Å². The minimum Gasteiger partial charge on any atom is -0.453 e. The van der Waals surface area contributed by atoms with Gasteiger partial charge in [-0.3, -0.25) is 4.79 Å². The Morgan fingerprint density at radius 3 is 2.41 bits per heavy atom. The van der Waals surface area contributed by atoms with E-state index in [1.54, 1.807) is 4.90 Å². The molecule has 6 rings (SSSR count). The first-order valence-corrected chi connectivity index (χ1v) is 14.5. The van der Waals surface area contributed by atoms with Crippen LogP contribution >= 0.6 is 0 Å². The Labute approximate surface area is 240 Å². The number of piperidine rings is 1. The van der Waals surface area contributed by atoms with Crippen LogP contribution in [0.3, 0.4) is 0 Å². The Morgan fingerprint density at radius 1 is 0.927 bits per heavy atom. The number of likely N-dealkylation sites (tertiary alicyclic amines) is 1. The summed E-state index contributed by atoms with van der Waals surface area (Å²) >= 11 is 0. The number of ether oxygens (including phenoxy) is 1. The number of nitrogens with zero attached hydrogens (tertiary/aromatic N) is 6. The second-order valence-electron chi connectivity index (χ2n) is 11.3. The van der Waals surface area contributed by atoms with Crippen molar-refractivity contribution >= 4 is 22.8 Å². The van der Waals surface area contributed by atoms with E-state index in [4.69, 9.17) is 4.74 Å². The molecule has 4 aromatic rings.